The van der Waals surface area contributed by atoms with E-state index in [0.29, 0.717) is 13.2 Å². The molecule has 0 atom stereocenters. The Hall–Kier alpha value is -1.04. The number of aryl methyl sites for hydroxylation is 1. The maximum Gasteiger partial charge on any atom is 0.320 e. The van der Waals surface area contributed by atoms with Gasteiger partial charge in [-0.2, -0.15) is 0 Å². The number of rotatable bonds is 5. The maximum atomic E-state index is 11.5. The quantitative estimate of drug-likeness (QED) is 0.559. The summed E-state index contributed by atoms with van der Waals surface area (Å²) in [5, 5.41) is 0. The van der Waals surface area contributed by atoms with Gasteiger partial charge in [-0.3, -0.25) is 9.69 Å². The summed E-state index contributed by atoms with van der Waals surface area (Å²) in [7, 11) is 0. The fourth-order valence-electron chi connectivity index (χ4n) is 2.33. The zero-order valence-corrected chi connectivity index (χ0v) is 17.7. The molecule has 1 saturated heterocycles. The average molecular weight is 369 g/mol. The first-order chi connectivity index (χ1) is 12.2. The molecule has 1 aliphatic rings. The number of benzene rings is 1. The van der Waals surface area contributed by atoms with Crippen molar-refractivity contribution in [3.05, 3.63) is 29.8 Å². The van der Waals surface area contributed by atoms with Crippen LogP contribution in [0, 0.1) is 6.92 Å². The lowest BCUT2D eigenvalue weighted by molar-refractivity contribution is -0.144. The van der Waals surface area contributed by atoms with E-state index in [9.17, 15) is 4.79 Å². The SMILES string of the molecule is CC.CC.CCOC(=O)CN1CCCN(Sc2ccc(C)cc2)CC1. The van der Waals surface area contributed by atoms with Gasteiger partial charge in [0.1, 0.15) is 0 Å². The Kier molecular flexibility index (Phi) is 14.6. The Bertz CT molecular complexity index is 452. The van der Waals surface area contributed by atoms with Crippen LogP contribution < -0.4 is 0 Å². The second-order valence-corrected chi connectivity index (χ2v) is 6.44. The fourth-order valence-corrected chi connectivity index (χ4v) is 3.28. The molecule has 0 radical (unpaired) electrons. The minimum absolute atomic E-state index is 0.114. The highest BCUT2D eigenvalue weighted by Gasteiger charge is 2.18. The summed E-state index contributed by atoms with van der Waals surface area (Å²) in [6.07, 6.45) is 1.08. The van der Waals surface area contributed by atoms with Gasteiger partial charge in [-0.25, -0.2) is 4.31 Å². The number of hydrogen-bond acceptors (Lipinski definition) is 5. The predicted molar refractivity (Wildman–Crippen MR) is 109 cm³/mol. The second kappa shape index (κ2) is 15.2. The summed E-state index contributed by atoms with van der Waals surface area (Å²) in [4.78, 5) is 15.0. The van der Waals surface area contributed by atoms with Gasteiger partial charge in [-0.05, 0) is 44.3 Å². The molecule has 0 aliphatic carbocycles. The highest BCUT2D eigenvalue weighted by atomic mass is 32.2. The molecule has 0 aromatic heterocycles. The third kappa shape index (κ3) is 10.5. The number of esters is 1. The minimum Gasteiger partial charge on any atom is -0.465 e. The second-order valence-electron chi connectivity index (χ2n) is 5.27. The summed E-state index contributed by atoms with van der Waals surface area (Å²) in [5.74, 6) is -0.114. The van der Waals surface area contributed by atoms with Crippen LogP contribution in [-0.2, 0) is 9.53 Å². The van der Waals surface area contributed by atoms with Gasteiger partial charge in [-0.15, -0.1) is 0 Å². The minimum atomic E-state index is -0.114. The van der Waals surface area contributed by atoms with Crippen molar-refractivity contribution in [1.82, 2.24) is 9.21 Å². The van der Waals surface area contributed by atoms with E-state index in [1.165, 1.54) is 10.5 Å². The van der Waals surface area contributed by atoms with Gasteiger partial charge in [0.25, 0.3) is 0 Å². The lowest BCUT2D eigenvalue weighted by atomic mass is 10.2. The normalized spacial score (nSPS) is 15.1. The molecule has 1 aromatic carbocycles. The lowest BCUT2D eigenvalue weighted by Gasteiger charge is -2.20. The molecule has 1 aliphatic heterocycles. The number of ether oxygens (including phenoxy) is 1. The van der Waals surface area contributed by atoms with Crippen molar-refractivity contribution >= 4 is 17.9 Å². The van der Waals surface area contributed by atoms with E-state index in [4.69, 9.17) is 4.74 Å². The zero-order chi connectivity index (χ0) is 19.1. The largest absolute Gasteiger partial charge is 0.465 e. The summed E-state index contributed by atoms with van der Waals surface area (Å²) in [6, 6.07) is 8.63. The molecule has 4 nitrogen and oxygen atoms in total. The molecule has 0 N–H and O–H groups in total. The zero-order valence-electron chi connectivity index (χ0n) is 16.9. The van der Waals surface area contributed by atoms with Gasteiger partial charge in [0.2, 0.25) is 0 Å². The van der Waals surface area contributed by atoms with Gasteiger partial charge in [0, 0.05) is 31.1 Å². The van der Waals surface area contributed by atoms with Gasteiger partial charge in [0.15, 0.2) is 0 Å². The molecule has 1 heterocycles. The van der Waals surface area contributed by atoms with Crippen molar-refractivity contribution in [1.29, 1.82) is 0 Å². The van der Waals surface area contributed by atoms with Crippen LogP contribution in [0.1, 0.15) is 46.6 Å². The molecule has 0 unspecified atom stereocenters. The third-order valence-electron chi connectivity index (χ3n) is 3.46. The molecule has 2 rings (SSSR count). The Morgan fingerprint density at radius 3 is 2.28 bits per heavy atom. The van der Waals surface area contributed by atoms with Crippen molar-refractivity contribution in [3.63, 3.8) is 0 Å². The molecule has 5 heteroatoms. The van der Waals surface area contributed by atoms with E-state index in [1.54, 1.807) is 0 Å². The first-order valence-electron chi connectivity index (χ1n) is 9.55. The molecular weight excluding hydrogens is 332 g/mol. The smallest absolute Gasteiger partial charge is 0.320 e. The van der Waals surface area contributed by atoms with Crippen molar-refractivity contribution in [3.8, 4) is 0 Å². The van der Waals surface area contributed by atoms with E-state index in [1.807, 2.05) is 46.6 Å². The molecule has 1 aromatic rings. The Morgan fingerprint density at radius 2 is 1.68 bits per heavy atom. The molecule has 25 heavy (non-hydrogen) atoms. The monoisotopic (exact) mass is 368 g/mol. The Labute approximate surface area is 159 Å². The van der Waals surface area contributed by atoms with E-state index < -0.39 is 0 Å². The molecule has 144 valence electrons. The topological polar surface area (TPSA) is 32.8 Å². The molecule has 0 spiro atoms. The summed E-state index contributed by atoms with van der Waals surface area (Å²) >= 11 is 1.81. The van der Waals surface area contributed by atoms with Crippen LogP contribution in [-0.4, -0.2) is 54.5 Å². The van der Waals surface area contributed by atoms with Crippen LogP contribution in [0.3, 0.4) is 0 Å². The maximum absolute atomic E-state index is 11.5. The van der Waals surface area contributed by atoms with E-state index in [0.717, 1.165) is 32.6 Å². The fraction of sp³-hybridized carbons (Fsp3) is 0.650. The van der Waals surface area contributed by atoms with Gasteiger partial charge in [-0.1, -0.05) is 45.4 Å². The number of nitrogens with zero attached hydrogens (tertiary/aromatic N) is 2. The number of hydrogen-bond donors (Lipinski definition) is 0. The number of carbonyl (C=O) groups excluding carboxylic acids is 1. The van der Waals surface area contributed by atoms with Crippen molar-refractivity contribution < 1.29 is 9.53 Å². The van der Waals surface area contributed by atoms with E-state index in [2.05, 4.69) is 40.4 Å². The highest BCUT2D eigenvalue weighted by molar-refractivity contribution is 7.97. The molecule has 1 fully saturated rings. The first kappa shape index (κ1) is 24.0. The molecular formula is C20H36N2O2S. The summed E-state index contributed by atoms with van der Waals surface area (Å²) < 4.78 is 7.40. The van der Waals surface area contributed by atoms with Gasteiger partial charge < -0.3 is 4.74 Å². The standard InChI is InChI=1S/C16H24N2O2S.2C2H6/c1-3-20-16(19)13-17-9-4-10-18(12-11-17)21-15-7-5-14(2)6-8-15;2*1-2/h5-8H,3-4,9-13H2,1-2H3;2*1-2H3. The third-order valence-corrected chi connectivity index (χ3v) is 4.57. The van der Waals surface area contributed by atoms with Crippen LogP contribution in [0.5, 0.6) is 0 Å². The van der Waals surface area contributed by atoms with Crippen LogP contribution >= 0.6 is 11.9 Å². The van der Waals surface area contributed by atoms with E-state index in [-0.39, 0.29) is 5.97 Å². The molecule has 0 bridgehead atoms. The molecule has 0 amide bonds. The van der Waals surface area contributed by atoms with Gasteiger partial charge in [0.05, 0.1) is 13.2 Å². The lowest BCUT2D eigenvalue weighted by Crippen LogP contribution is -2.33. The van der Waals surface area contributed by atoms with Crippen molar-refractivity contribution in [2.45, 2.75) is 52.9 Å². The van der Waals surface area contributed by atoms with Crippen LogP contribution in [0.4, 0.5) is 0 Å². The van der Waals surface area contributed by atoms with Crippen molar-refractivity contribution in [2.24, 2.45) is 0 Å². The summed E-state index contributed by atoms with van der Waals surface area (Å²) in [5.41, 5.74) is 1.29. The summed E-state index contributed by atoms with van der Waals surface area (Å²) in [6.45, 7) is 16.7. The van der Waals surface area contributed by atoms with Crippen molar-refractivity contribution in [2.75, 3.05) is 39.3 Å². The van der Waals surface area contributed by atoms with Crippen LogP contribution in [0.15, 0.2) is 29.2 Å². The molecule has 0 saturated carbocycles. The van der Waals surface area contributed by atoms with Crippen LogP contribution in [0.2, 0.25) is 0 Å². The van der Waals surface area contributed by atoms with Crippen LogP contribution in [0.25, 0.3) is 0 Å². The highest BCUT2D eigenvalue weighted by Crippen LogP contribution is 2.24. The first-order valence-corrected chi connectivity index (χ1v) is 10.3. The Morgan fingerprint density at radius 1 is 1.04 bits per heavy atom. The van der Waals surface area contributed by atoms with E-state index >= 15 is 0 Å². The van der Waals surface area contributed by atoms with Gasteiger partial charge >= 0.3 is 5.97 Å². The Balaban J connectivity index is 0.00000134. The average Bonchev–Trinajstić information content (AvgIpc) is 2.86. The number of carbonyl (C=O) groups is 1. The predicted octanol–water partition coefficient (Wildman–Crippen LogP) is 4.63.